The van der Waals surface area contributed by atoms with Gasteiger partial charge in [0.15, 0.2) is 0 Å². The summed E-state index contributed by atoms with van der Waals surface area (Å²) in [5.74, 6) is 0.472. The Morgan fingerprint density at radius 2 is 1.86 bits per heavy atom. The van der Waals surface area contributed by atoms with E-state index >= 15 is 0 Å². The summed E-state index contributed by atoms with van der Waals surface area (Å²) in [6.07, 6.45) is 8.98. The Hall–Kier alpha value is -2.93. The third-order valence-corrected chi connectivity index (χ3v) is 8.72. The second-order valence-corrected chi connectivity index (χ2v) is 11.3. The monoisotopic (exact) mass is 494 g/mol. The zero-order chi connectivity index (χ0) is 25.0. The number of carbonyl (C=O) groups excluding carboxylic acids is 2. The molecule has 0 spiro atoms. The average molecular weight is 495 g/mol. The van der Waals surface area contributed by atoms with Crippen molar-refractivity contribution in [2.75, 3.05) is 5.32 Å². The van der Waals surface area contributed by atoms with E-state index < -0.39 is 5.97 Å². The number of rotatable bonds is 10. The van der Waals surface area contributed by atoms with Gasteiger partial charge in [0.05, 0.1) is 10.6 Å². The second kappa shape index (κ2) is 10.8. The van der Waals surface area contributed by atoms with E-state index in [1.165, 1.54) is 11.3 Å². The van der Waals surface area contributed by atoms with Gasteiger partial charge in [0.1, 0.15) is 0 Å². The van der Waals surface area contributed by atoms with Crippen molar-refractivity contribution in [1.29, 1.82) is 0 Å². The molecular formula is C28H34N2O4S. The highest BCUT2D eigenvalue weighted by Gasteiger charge is 2.57. The minimum absolute atomic E-state index is 0.0944. The molecule has 0 saturated heterocycles. The van der Waals surface area contributed by atoms with Crippen LogP contribution in [0.5, 0.6) is 0 Å². The first-order chi connectivity index (χ1) is 16.8. The summed E-state index contributed by atoms with van der Waals surface area (Å²) in [5.41, 5.74) is 1.37. The number of amides is 2. The number of allylic oxidation sites excluding steroid dienone is 2. The van der Waals surface area contributed by atoms with Gasteiger partial charge < -0.3 is 15.7 Å². The fourth-order valence-corrected chi connectivity index (χ4v) is 6.43. The van der Waals surface area contributed by atoms with Gasteiger partial charge in [-0.25, -0.2) is 0 Å². The number of benzene rings is 1. The SMILES string of the molecule is CC1(C)[C@@H]2C[C@H](C/C=C/CCCC(=O)O)[C@@H](NC(=O)c3csc(NC(=O)c4ccccc4)c3)[C@H]1C2. The van der Waals surface area contributed by atoms with E-state index in [-0.39, 0.29) is 29.7 Å². The van der Waals surface area contributed by atoms with E-state index in [1.807, 2.05) is 18.2 Å². The Morgan fingerprint density at radius 3 is 2.57 bits per heavy atom. The van der Waals surface area contributed by atoms with Crippen LogP contribution in [0.2, 0.25) is 0 Å². The molecule has 0 aliphatic heterocycles. The molecule has 2 amide bonds. The summed E-state index contributed by atoms with van der Waals surface area (Å²) in [5, 5.41) is 17.4. The molecule has 0 radical (unpaired) electrons. The minimum atomic E-state index is -0.757. The lowest BCUT2D eigenvalue weighted by Gasteiger charge is -2.62. The van der Waals surface area contributed by atoms with Crippen molar-refractivity contribution in [2.24, 2.45) is 23.2 Å². The summed E-state index contributed by atoms with van der Waals surface area (Å²) in [6, 6.07) is 10.9. The van der Waals surface area contributed by atoms with Gasteiger partial charge in [-0.2, -0.15) is 0 Å². The van der Waals surface area contributed by atoms with Crippen molar-refractivity contribution in [1.82, 2.24) is 5.32 Å². The fourth-order valence-electron chi connectivity index (χ4n) is 5.66. The zero-order valence-corrected chi connectivity index (χ0v) is 21.1. The number of hydrogen-bond acceptors (Lipinski definition) is 4. The molecule has 3 aliphatic rings. The smallest absolute Gasteiger partial charge is 0.303 e. The Labute approximate surface area is 210 Å². The van der Waals surface area contributed by atoms with Crippen LogP contribution in [0.4, 0.5) is 5.00 Å². The molecule has 2 aromatic rings. The molecule has 1 heterocycles. The van der Waals surface area contributed by atoms with Crippen LogP contribution in [0, 0.1) is 23.2 Å². The van der Waals surface area contributed by atoms with Crippen LogP contribution in [0.3, 0.4) is 0 Å². The highest BCUT2D eigenvalue weighted by molar-refractivity contribution is 7.14. The fraction of sp³-hybridized carbons (Fsp3) is 0.464. The van der Waals surface area contributed by atoms with Crippen molar-refractivity contribution in [2.45, 2.75) is 58.4 Å². The number of carboxylic acid groups (broad SMARTS) is 1. The van der Waals surface area contributed by atoms with Crippen LogP contribution in [-0.2, 0) is 4.79 Å². The van der Waals surface area contributed by atoms with E-state index in [4.69, 9.17) is 5.11 Å². The van der Waals surface area contributed by atoms with Gasteiger partial charge in [0.2, 0.25) is 0 Å². The maximum atomic E-state index is 13.2. The normalized spacial score (nSPS) is 24.5. The third-order valence-electron chi connectivity index (χ3n) is 7.87. The lowest BCUT2D eigenvalue weighted by atomic mass is 9.44. The summed E-state index contributed by atoms with van der Waals surface area (Å²) in [6.45, 7) is 4.62. The molecule has 5 rings (SSSR count). The molecule has 3 aliphatic carbocycles. The average Bonchev–Trinajstić information content (AvgIpc) is 3.30. The standard InChI is InChI=1S/C28H34N2O4S/c1-28(2)21-14-19(12-6-3-4-9-13-24(31)32)25(22(28)16-21)30-27(34)20-15-23(35-17-20)29-26(33)18-10-7-5-8-11-18/h3,5-8,10-11,15,17,19,21-22,25H,4,9,12-14,16H2,1-2H3,(H,29,33)(H,30,34)(H,31,32)/b6-3+/t19-,21+,22+,25+/m0/s1. The quantitative estimate of drug-likeness (QED) is 0.280. The van der Waals surface area contributed by atoms with Gasteiger partial charge in [-0.15, -0.1) is 11.3 Å². The highest BCUT2D eigenvalue weighted by Crippen LogP contribution is 2.61. The Bertz CT molecular complexity index is 1090. The van der Waals surface area contributed by atoms with Crippen LogP contribution in [0.1, 0.15) is 73.1 Å². The number of fused-ring (bicyclic) bond motifs is 2. The Morgan fingerprint density at radius 1 is 1.09 bits per heavy atom. The van der Waals surface area contributed by atoms with Crippen LogP contribution in [0.25, 0.3) is 0 Å². The van der Waals surface area contributed by atoms with E-state index in [2.05, 4.69) is 36.6 Å². The number of carbonyl (C=O) groups is 3. The highest BCUT2D eigenvalue weighted by atomic mass is 32.1. The van der Waals surface area contributed by atoms with Crippen LogP contribution in [-0.4, -0.2) is 28.9 Å². The van der Waals surface area contributed by atoms with Gasteiger partial charge in [0, 0.05) is 23.4 Å². The maximum Gasteiger partial charge on any atom is 0.303 e. The Balaban J connectivity index is 1.37. The van der Waals surface area contributed by atoms with Crippen LogP contribution < -0.4 is 10.6 Å². The number of thiophene rings is 1. The number of nitrogens with one attached hydrogen (secondary N) is 2. The van der Waals surface area contributed by atoms with Crippen molar-refractivity contribution < 1.29 is 19.5 Å². The summed E-state index contributed by atoms with van der Waals surface area (Å²) in [4.78, 5) is 36.3. The molecule has 3 N–H and O–H groups in total. The molecule has 186 valence electrons. The zero-order valence-electron chi connectivity index (χ0n) is 20.3. The Kier molecular flexibility index (Phi) is 7.75. The van der Waals surface area contributed by atoms with Crippen molar-refractivity contribution in [3.8, 4) is 0 Å². The molecule has 3 fully saturated rings. The van der Waals surface area contributed by atoms with Gasteiger partial charge in [-0.1, -0.05) is 44.2 Å². The van der Waals surface area contributed by atoms with Crippen molar-refractivity contribution in [3.05, 3.63) is 65.1 Å². The number of carboxylic acids is 1. The van der Waals surface area contributed by atoms with Gasteiger partial charge in [0.25, 0.3) is 11.8 Å². The van der Waals surface area contributed by atoms with Crippen molar-refractivity contribution >= 4 is 34.1 Å². The molecule has 6 nitrogen and oxygen atoms in total. The van der Waals surface area contributed by atoms with E-state index in [0.29, 0.717) is 40.3 Å². The number of anilines is 1. The largest absolute Gasteiger partial charge is 0.481 e. The lowest BCUT2D eigenvalue weighted by Crippen LogP contribution is -2.63. The lowest BCUT2D eigenvalue weighted by molar-refractivity contribution is -0.137. The molecule has 4 atom stereocenters. The van der Waals surface area contributed by atoms with E-state index in [9.17, 15) is 14.4 Å². The number of aliphatic carboxylic acids is 1. The molecule has 1 aromatic heterocycles. The molecule has 1 aromatic carbocycles. The molecule has 35 heavy (non-hydrogen) atoms. The van der Waals surface area contributed by atoms with Gasteiger partial charge in [-0.05, 0) is 73.5 Å². The van der Waals surface area contributed by atoms with E-state index in [0.717, 1.165) is 25.7 Å². The molecule has 7 heteroatoms. The molecule has 0 unspecified atom stereocenters. The van der Waals surface area contributed by atoms with Gasteiger partial charge >= 0.3 is 5.97 Å². The number of hydrogen-bond donors (Lipinski definition) is 3. The predicted octanol–water partition coefficient (Wildman–Crippen LogP) is 5.98. The van der Waals surface area contributed by atoms with Crippen LogP contribution in [0.15, 0.2) is 53.9 Å². The number of unbranched alkanes of at least 4 members (excludes halogenated alkanes) is 1. The van der Waals surface area contributed by atoms with Crippen LogP contribution >= 0.6 is 11.3 Å². The summed E-state index contributed by atoms with van der Waals surface area (Å²) >= 11 is 1.35. The topological polar surface area (TPSA) is 95.5 Å². The van der Waals surface area contributed by atoms with Gasteiger partial charge in [-0.3, -0.25) is 14.4 Å². The van der Waals surface area contributed by atoms with Crippen molar-refractivity contribution in [3.63, 3.8) is 0 Å². The third kappa shape index (κ3) is 5.84. The summed E-state index contributed by atoms with van der Waals surface area (Å²) < 4.78 is 0. The predicted molar refractivity (Wildman–Crippen MR) is 139 cm³/mol. The first kappa shape index (κ1) is 25.2. The first-order valence-corrected chi connectivity index (χ1v) is 13.3. The first-order valence-electron chi connectivity index (χ1n) is 12.4. The second-order valence-electron chi connectivity index (χ2n) is 10.4. The summed E-state index contributed by atoms with van der Waals surface area (Å²) in [7, 11) is 0. The molecule has 2 bridgehead atoms. The maximum absolute atomic E-state index is 13.2. The van der Waals surface area contributed by atoms with E-state index in [1.54, 1.807) is 23.6 Å². The molecular weight excluding hydrogens is 460 g/mol. The molecule has 3 saturated carbocycles. The minimum Gasteiger partial charge on any atom is -0.481 e.